The van der Waals surface area contributed by atoms with Crippen LogP contribution < -0.4 is 5.11 Å². The minimum Gasteiger partial charge on any atom is -0.547 e. The summed E-state index contributed by atoms with van der Waals surface area (Å²) < 4.78 is 0. The minimum atomic E-state index is -2.36. The highest BCUT2D eigenvalue weighted by atomic mass is 16.4. The lowest BCUT2D eigenvalue weighted by Gasteiger charge is -2.24. The van der Waals surface area contributed by atoms with E-state index in [0.29, 0.717) is 0 Å². The number of carbonyl (C=O) groups is 2. The van der Waals surface area contributed by atoms with E-state index >= 15 is 0 Å². The summed E-state index contributed by atoms with van der Waals surface area (Å²) in [6, 6.07) is 0. The van der Waals surface area contributed by atoms with Crippen LogP contribution in [0.4, 0.5) is 0 Å². The highest BCUT2D eigenvalue weighted by Gasteiger charge is 2.30. The average molecular weight is 193 g/mol. The fraction of sp³-hybridized carbons (Fsp3) is 0.667. The Bertz CT molecular complexity index is 191. The van der Waals surface area contributed by atoms with Gasteiger partial charge in [-0.05, 0) is 0 Å². The highest BCUT2D eigenvalue weighted by molar-refractivity contribution is 5.70. The third-order valence-electron chi connectivity index (χ3n) is 1.40. The van der Waals surface area contributed by atoms with Gasteiger partial charge in [-0.3, -0.25) is 0 Å². The highest BCUT2D eigenvalue weighted by Crippen LogP contribution is 2.03. The lowest BCUT2D eigenvalue weighted by molar-refractivity contribution is -0.320. The summed E-state index contributed by atoms with van der Waals surface area (Å²) in [6.45, 7) is 0. The first-order valence-corrected chi connectivity index (χ1v) is 3.30. The number of carbonyl (C=O) groups excluding carboxylic acids is 2. The number of hydrogen-bond acceptors (Lipinski definition) is 7. The molecule has 7 nitrogen and oxygen atoms in total. The van der Waals surface area contributed by atoms with E-state index in [2.05, 4.69) is 0 Å². The molecule has 76 valence electrons. The maximum absolute atomic E-state index is 9.95. The van der Waals surface area contributed by atoms with Gasteiger partial charge in [0.05, 0.1) is 5.97 Å². The Morgan fingerprint density at radius 1 is 1.15 bits per heavy atom. The molecular formula is C6H9O7-. The van der Waals surface area contributed by atoms with Crippen molar-refractivity contribution in [1.82, 2.24) is 0 Å². The summed E-state index contributed by atoms with van der Waals surface area (Å²) in [5.41, 5.74) is 0. The van der Waals surface area contributed by atoms with Crippen molar-refractivity contribution in [3.8, 4) is 0 Å². The zero-order valence-corrected chi connectivity index (χ0v) is 6.40. The van der Waals surface area contributed by atoms with Gasteiger partial charge in [-0.1, -0.05) is 0 Å². The van der Waals surface area contributed by atoms with Crippen molar-refractivity contribution >= 4 is 12.3 Å². The molecule has 0 aromatic rings. The van der Waals surface area contributed by atoms with Crippen LogP contribution in [0.2, 0.25) is 0 Å². The maximum Gasteiger partial charge on any atom is 0.151 e. The van der Waals surface area contributed by atoms with E-state index in [0.717, 1.165) is 0 Å². The van der Waals surface area contributed by atoms with Crippen molar-refractivity contribution in [3.05, 3.63) is 0 Å². The minimum absolute atomic E-state index is 0.101. The molecular weight excluding hydrogens is 184 g/mol. The van der Waals surface area contributed by atoms with Gasteiger partial charge >= 0.3 is 0 Å². The van der Waals surface area contributed by atoms with Crippen LogP contribution in [0.1, 0.15) is 0 Å². The van der Waals surface area contributed by atoms with Crippen LogP contribution >= 0.6 is 0 Å². The Morgan fingerprint density at radius 2 is 1.62 bits per heavy atom. The van der Waals surface area contributed by atoms with E-state index in [9.17, 15) is 14.7 Å². The van der Waals surface area contributed by atoms with Crippen LogP contribution in [0.25, 0.3) is 0 Å². The van der Waals surface area contributed by atoms with E-state index in [4.69, 9.17) is 20.4 Å². The first-order valence-electron chi connectivity index (χ1n) is 3.30. The smallest absolute Gasteiger partial charge is 0.151 e. The van der Waals surface area contributed by atoms with E-state index < -0.39 is 30.4 Å². The third kappa shape index (κ3) is 3.07. The zero-order valence-electron chi connectivity index (χ0n) is 6.40. The lowest BCUT2D eigenvalue weighted by Crippen LogP contribution is -2.52. The van der Waals surface area contributed by atoms with Crippen LogP contribution in [0, 0.1) is 0 Å². The molecule has 0 saturated carbocycles. The van der Waals surface area contributed by atoms with Gasteiger partial charge in [-0.15, -0.1) is 0 Å². The Morgan fingerprint density at radius 3 is 1.92 bits per heavy atom. The van der Waals surface area contributed by atoms with Crippen molar-refractivity contribution in [2.45, 2.75) is 24.4 Å². The molecule has 0 spiro atoms. The second kappa shape index (κ2) is 4.87. The molecule has 0 aliphatic heterocycles. The topological polar surface area (TPSA) is 138 Å². The Balaban J connectivity index is 4.32. The number of carboxylic acids is 1. The summed E-state index contributed by atoms with van der Waals surface area (Å²) in [5, 5.41) is 44.8. The molecule has 0 radical (unpaired) electrons. The number of rotatable bonds is 5. The molecule has 13 heavy (non-hydrogen) atoms. The molecule has 0 rings (SSSR count). The standard InChI is InChI=1S/C6H10O7/c7-1-2(8)3(9)4(10)5(11)6(12)13/h1-5,8-11H,(H,12,13)/p-1/t2-,3+,4-,5-/m0/s1. The molecule has 0 fully saturated rings. The molecule has 0 aromatic heterocycles. The Labute approximate surface area is 72.9 Å². The van der Waals surface area contributed by atoms with E-state index in [1.165, 1.54) is 0 Å². The number of aldehydes is 1. The van der Waals surface area contributed by atoms with Crippen molar-refractivity contribution < 1.29 is 35.1 Å². The molecule has 4 atom stereocenters. The maximum atomic E-state index is 9.95. The summed E-state index contributed by atoms with van der Waals surface area (Å²) in [4.78, 5) is 19.8. The zero-order chi connectivity index (χ0) is 10.6. The van der Waals surface area contributed by atoms with Gasteiger partial charge in [0.15, 0.2) is 6.29 Å². The van der Waals surface area contributed by atoms with Gasteiger partial charge in [0.25, 0.3) is 0 Å². The fourth-order valence-electron chi connectivity index (χ4n) is 0.609. The van der Waals surface area contributed by atoms with E-state index in [1.807, 2.05) is 0 Å². The van der Waals surface area contributed by atoms with Crippen molar-refractivity contribution in [2.24, 2.45) is 0 Å². The molecule has 0 aliphatic rings. The molecule has 0 aliphatic carbocycles. The predicted molar refractivity (Wildman–Crippen MR) is 35.1 cm³/mol. The van der Waals surface area contributed by atoms with E-state index in [1.54, 1.807) is 0 Å². The Kier molecular flexibility index (Phi) is 4.49. The van der Waals surface area contributed by atoms with Crippen molar-refractivity contribution in [2.75, 3.05) is 0 Å². The summed E-state index contributed by atoms with van der Waals surface area (Å²) in [5.74, 6) is -2.01. The first-order chi connectivity index (χ1) is 5.91. The van der Waals surface area contributed by atoms with Crippen molar-refractivity contribution in [1.29, 1.82) is 0 Å². The number of carboxylic acid groups (broad SMARTS) is 1. The molecule has 7 heteroatoms. The largest absolute Gasteiger partial charge is 0.547 e. The van der Waals surface area contributed by atoms with Gasteiger partial charge in [0.2, 0.25) is 0 Å². The van der Waals surface area contributed by atoms with Crippen LogP contribution in [-0.4, -0.2) is 57.1 Å². The monoisotopic (exact) mass is 193 g/mol. The molecule has 4 N–H and O–H groups in total. The van der Waals surface area contributed by atoms with Gasteiger partial charge in [0.1, 0.15) is 24.4 Å². The number of aliphatic carboxylic acids is 1. The van der Waals surface area contributed by atoms with Crippen molar-refractivity contribution in [3.63, 3.8) is 0 Å². The normalized spacial score (nSPS) is 20.0. The first kappa shape index (κ1) is 12.0. The second-order valence-corrected chi connectivity index (χ2v) is 2.37. The van der Waals surface area contributed by atoms with Crippen LogP contribution in [0.5, 0.6) is 0 Å². The molecule has 0 amide bonds. The molecule has 0 bridgehead atoms. The lowest BCUT2D eigenvalue weighted by atomic mass is 10.0. The van der Waals surface area contributed by atoms with E-state index in [-0.39, 0.29) is 6.29 Å². The second-order valence-electron chi connectivity index (χ2n) is 2.37. The molecule has 0 heterocycles. The molecule has 0 saturated heterocycles. The van der Waals surface area contributed by atoms with Crippen LogP contribution in [-0.2, 0) is 9.59 Å². The predicted octanol–water partition coefficient (Wildman–Crippen LogP) is -4.62. The number of hydrogen-bond donors (Lipinski definition) is 4. The number of aliphatic hydroxyl groups excluding tert-OH is 4. The quantitative estimate of drug-likeness (QED) is 0.322. The van der Waals surface area contributed by atoms with Gasteiger partial charge in [0, 0.05) is 0 Å². The summed E-state index contributed by atoms with van der Waals surface area (Å²) >= 11 is 0. The SMILES string of the molecule is O=C[C@H](O)[C@@H](O)[C@H](O)[C@H](O)C(=O)[O-]. The van der Waals surface area contributed by atoms with Crippen LogP contribution in [0.15, 0.2) is 0 Å². The van der Waals surface area contributed by atoms with Crippen LogP contribution in [0.3, 0.4) is 0 Å². The Hall–Kier alpha value is -1.02. The average Bonchev–Trinajstić information content (AvgIpc) is 2.12. The third-order valence-corrected chi connectivity index (χ3v) is 1.40. The number of aliphatic hydroxyl groups is 4. The summed E-state index contributed by atoms with van der Waals surface area (Å²) in [6.07, 6.45) is -8.65. The summed E-state index contributed by atoms with van der Waals surface area (Å²) in [7, 11) is 0. The van der Waals surface area contributed by atoms with Gasteiger partial charge < -0.3 is 35.1 Å². The molecule has 0 aromatic carbocycles. The fourth-order valence-corrected chi connectivity index (χ4v) is 0.609. The molecule has 0 unspecified atom stereocenters. The van der Waals surface area contributed by atoms with Gasteiger partial charge in [-0.25, -0.2) is 0 Å². The van der Waals surface area contributed by atoms with Gasteiger partial charge in [-0.2, -0.15) is 0 Å².